The summed E-state index contributed by atoms with van der Waals surface area (Å²) in [4.78, 5) is 0. The minimum atomic E-state index is 0.158. The van der Waals surface area contributed by atoms with Crippen LogP contribution in [0.2, 0.25) is 0 Å². The lowest BCUT2D eigenvalue weighted by molar-refractivity contribution is 0.803. The maximum atomic E-state index is 3.95. The van der Waals surface area contributed by atoms with Crippen LogP contribution in [0.5, 0.6) is 0 Å². The van der Waals surface area contributed by atoms with Crippen molar-refractivity contribution >= 4 is 5.69 Å². The molecule has 0 aliphatic carbocycles. The first-order valence-corrected chi connectivity index (χ1v) is 3.09. The number of hydrogen-bond acceptors (Lipinski definition) is 4. The molecule has 0 bridgehead atoms. The summed E-state index contributed by atoms with van der Waals surface area (Å²) in [5, 5.41) is 15.3. The zero-order valence-corrected chi connectivity index (χ0v) is 5.52. The fraction of sp³-hybridized carbons (Fsp3) is 0.333. The minimum absolute atomic E-state index is 0.158. The van der Waals surface area contributed by atoms with E-state index in [1.54, 1.807) is 12.4 Å². The van der Waals surface area contributed by atoms with Gasteiger partial charge in [0.2, 0.25) is 0 Å². The van der Waals surface area contributed by atoms with E-state index >= 15 is 0 Å². The second-order valence-electron chi connectivity index (χ2n) is 2.22. The van der Waals surface area contributed by atoms with Crippen LogP contribution in [0, 0.1) is 0 Å². The van der Waals surface area contributed by atoms with E-state index in [9.17, 15) is 0 Å². The molecule has 1 aromatic rings. The molecule has 0 fully saturated rings. The third-order valence-electron chi connectivity index (χ3n) is 1.53. The van der Waals surface area contributed by atoms with Crippen LogP contribution in [0.15, 0.2) is 22.6 Å². The van der Waals surface area contributed by atoms with E-state index in [-0.39, 0.29) is 6.04 Å². The normalized spacial score (nSPS) is 21.1. The van der Waals surface area contributed by atoms with Gasteiger partial charge in [0.1, 0.15) is 5.69 Å². The molecular formula is C6H6N4. The quantitative estimate of drug-likeness (QED) is 0.541. The molecule has 1 aromatic heterocycles. The van der Waals surface area contributed by atoms with Crippen LogP contribution in [0.3, 0.4) is 0 Å². The van der Waals surface area contributed by atoms with Crippen molar-refractivity contribution in [2.75, 3.05) is 0 Å². The largest absolute Gasteiger partial charge is 0.181 e. The van der Waals surface area contributed by atoms with Gasteiger partial charge in [-0.25, -0.2) is 0 Å². The van der Waals surface area contributed by atoms with Crippen molar-refractivity contribution in [3.8, 4) is 0 Å². The number of rotatable bonds is 0. The zero-order chi connectivity index (χ0) is 6.97. The van der Waals surface area contributed by atoms with Gasteiger partial charge in [-0.05, 0) is 6.92 Å². The van der Waals surface area contributed by atoms with Crippen LogP contribution in [0.25, 0.3) is 0 Å². The van der Waals surface area contributed by atoms with Crippen molar-refractivity contribution in [1.82, 2.24) is 10.2 Å². The van der Waals surface area contributed by atoms with Gasteiger partial charge in [0.25, 0.3) is 0 Å². The standard InChI is InChI=1S/C6H6N4/c1-4-5-2-7-8-3-6(5)10-9-4/h2-4H,1H3. The van der Waals surface area contributed by atoms with E-state index in [1.165, 1.54) is 0 Å². The molecule has 0 saturated carbocycles. The van der Waals surface area contributed by atoms with Crippen molar-refractivity contribution in [2.24, 2.45) is 10.2 Å². The van der Waals surface area contributed by atoms with Crippen LogP contribution in [-0.2, 0) is 0 Å². The fourth-order valence-corrected chi connectivity index (χ4v) is 0.941. The molecule has 1 aliphatic heterocycles. The van der Waals surface area contributed by atoms with Gasteiger partial charge in [0.15, 0.2) is 0 Å². The topological polar surface area (TPSA) is 50.5 Å². The molecular weight excluding hydrogens is 128 g/mol. The van der Waals surface area contributed by atoms with Gasteiger partial charge in [0.05, 0.1) is 18.4 Å². The predicted molar refractivity (Wildman–Crippen MR) is 35.0 cm³/mol. The average molecular weight is 134 g/mol. The van der Waals surface area contributed by atoms with Gasteiger partial charge in [-0.3, -0.25) is 0 Å². The molecule has 10 heavy (non-hydrogen) atoms. The molecule has 1 atom stereocenters. The first kappa shape index (κ1) is 5.46. The third-order valence-corrected chi connectivity index (χ3v) is 1.53. The number of nitrogens with zero attached hydrogens (tertiary/aromatic N) is 4. The smallest absolute Gasteiger partial charge is 0.112 e. The first-order chi connectivity index (χ1) is 4.88. The molecule has 0 spiro atoms. The highest BCUT2D eigenvalue weighted by Crippen LogP contribution is 2.32. The van der Waals surface area contributed by atoms with Gasteiger partial charge < -0.3 is 0 Å². The summed E-state index contributed by atoms with van der Waals surface area (Å²) in [6.45, 7) is 1.98. The minimum Gasteiger partial charge on any atom is -0.181 e. The highest BCUT2D eigenvalue weighted by atomic mass is 15.2. The molecule has 2 heterocycles. The van der Waals surface area contributed by atoms with Crippen molar-refractivity contribution in [3.05, 3.63) is 18.0 Å². The lowest BCUT2D eigenvalue weighted by atomic mass is 10.2. The third kappa shape index (κ3) is 0.618. The summed E-state index contributed by atoms with van der Waals surface area (Å²) in [7, 11) is 0. The van der Waals surface area contributed by atoms with E-state index in [0.717, 1.165) is 11.3 Å². The van der Waals surface area contributed by atoms with Crippen LogP contribution in [-0.4, -0.2) is 10.2 Å². The molecule has 50 valence electrons. The Kier molecular flexibility index (Phi) is 1.00. The van der Waals surface area contributed by atoms with Crippen LogP contribution in [0.1, 0.15) is 18.5 Å². The lowest BCUT2D eigenvalue weighted by Crippen LogP contribution is -1.86. The van der Waals surface area contributed by atoms with E-state index in [0.29, 0.717) is 0 Å². The highest BCUT2D eigenvalue weighted by molar-refractivity contribution is 5.45. The zero-order valence-electron chi connectivity index (χ0n) is 5.52. The molecule has 2 rings (SSSR count). The number of hydrogen-bond donors (Lipinski definition) is 0. The molecule has 0 aromatic carbocycles. The molecule has 0 radical (unpaired) electrons. The molecule has 0 N–H and O–H groups in total. The first-order valence-electron chi connectivity index (χ1n) is 3.09. The van der Waals surface area contributed by atoms with Crippen LogP contribution >= 0.6 is 0 Å². The van der Waals surface area contributed by atoms with Crippen molar-refractivity contribution < 1.29 is 0 Å². The number of aromatic nitrogens is 2. The van der Waals surface area contributed by atoms with Gasteiger partial charge in [-0.15, -0.1) is 0 Å². The highest BCUT2D eigenvalue weighted by Gasteiger charge is 2.15. The van der Waals surface area contributed by atoms with Crippen molar-refractivity contribution in [2.45, 2.75) is 13.0 Å². The molecule has 0 amide bonds. The molecule has 4 nitrogen and oxygen atoms in total. The Balaban J connectivity index is 2.59. The fourth-order valence-electron chi connectivity index (χ4n) is 0.941. The van der Waals surface area contributed by atoms with Crippen LogP contribution in [0.4, 0.5) is 5.69 Å². The van der Waals surface area contributed by atoms with E-state index in [4.69, 9.17) is 0 Å². The molecule has 1 aliphatic rings. The van der Waals surface area contributed by atoms with Gasteiger partial charge in [-0.1, -0.05) is 0 Å². The average Bonchev–Trinajstić information content (AvgIpc) is 2.34. The summed E-state index contributed by atoms with van der Waals surface area (Å²) in [5.74, 6) is 0. The summed E-state index contributed by atoms with van der Waals surface area (Å²) >= 11 is 0. The second kappa shape index (κ2) is 1.83. The van der Waals surface area contributed by atoms with Crippen molar-refractivity contribution in [1.29, 1.82) is 0 Å². The maximum absolute atomic E-state index is 3.95. The Bertz CT molecular complexity index is 281. The van der Waals surface area contributed by atoms with E-state index < -0.39 is 0 Å². The van der Waals surface area contributed by atoms with E-state index in [1.807, 2.05) is 6.92 Å². The van der Waals surface area contributed by atoms with Crippen LogP contribution < -0.4 is 0 Å². The Morgan fingerprint density at radius 3 is 2.90 bits per heavy atom. The second-order valence-corrected chi connectivity index (χ2v) is 2.22. The van der Waals surface area contributed by atoms with E-state index in [2.05, 4.69) is 20.4 Å². The molecule has 4 heteroatoms. The summed E-state index contributed by atoms with van der Waals surface area (Å²) in [6, 6.07) is 0.158. The molecule has 1 unspecified atom stereocenters. The maximum Gasteiger partial charge on any atom is 0.112 e. The van der Waals surface area contributed by atoms with Gasteiger partial charge in [-0.2, -0.15) is 20.4 Å². The van der Waals surface area contributed by atoms with Gasteiger partial charge in [0, 0.05) is 5.56 Å². The lowest BCUT2D eigenvalue weighted by Gasteiger charge is -1.95. The Morgan fingerprint density at radius 2 is 2.10 bits per heavy atom. The van der Waals surface area contributed by atoms with Gasteiger partial charge >= 0.3 is 0 Å². The predicted octanol–water partition coefficient (Wildman–Crippen LogP) is 1.63. The summed E-state index contributed by atoms with van der Waals surface area (Å²) in [6.07, 6.45) is 3.34. The SMILES string of the molecule is CC1N=Nc2cnncc21. The Morgan fingerprint density at radius 1 is 1.30 bits per heavy atom. The Hall–Kier alpha value is -1.32. The summed E-state index contributed by atoms with van der Waals surface area (Å²) in [5.41, 5.74) is 1.91. The number of azo groups is 1. The number of fused-ring (bicyclic) bond motifs is 1. The Labute approximate surface area is 58.0 Å². The summed E-state index contributed by atoms with van der Waals surface area (Å²) < 4.78 is 0. The molecule has 0 saturated heterocycles. The van der Waals surface area contributed by atoms with Crippen molar-refractivity contribution in [3.63, 3.8) is 0 Å². The monoisotopic (exact) mass is 134 g/mol.